The van der Waals surface area contributed by atoms with Crippen LogP contribution >= 0.6 is 28.1 Å². The molecule has 1 aliphatic rings. The van der Waals surface area contributed by atoms with Crippen molar-refractivity contribution >= 4 is 45.1 Å². The van der Waals surface area contributed by atoms with Crippen LogP contribution in [0.3, 0.4) is 0 Å². The maximum absolute atomic E-state index is 11.6. The first-order valence-electron chi connectivity index (χ1n) is 5.57. The lowest BCUT2D eigenvalue weighted by atomic mass is 10.1. The van der Waals surface area contributed by atoms with Crippen LogP contribution in [0, 0.1) is 0 Å². The number of thiocarbonyl (C=S) groups is 1. The highest BCUT2D eigenvalue weighted by atomic mass is 79.9. The third-order valence-electron chi connectivity index (χ3n) is 2.50. The van der Waals surface area contributed by atoms with Gasteiger partial charge in [0.15, 0.2) is 0 Å². The van der Waals surface area contributed by atoms with E-state index in [2.05, 4.69) is 21.2 Å². The van der Waals surface area contributed by atoms with Crippen molar-refractivity contribution in [2.45, 2.75) is 13.3 Å². The highest BCUT2D eigenvalue weighted by molar-refractivity contribution is 9.10. The van der Waals surface area contributed by atoms with Gasteiger partial charge >= 0.3 is 0 Å². The van der Waals surface area contributed by atoms with E-state index in [1.807, 2.05) is 31.2 Å². The van der Waals surface area contributed by atoms with Crippen molar-refractivity contribution in [3.63, 3.8) is 0 Å². The first kappa shape index (κ1) is 13.2. The van der Waals surface area contributed by atoms with Gasteiger partial charge in [-0.25, -0.2) is 0 Å². The zero-order chi connectivity index (χ0) is 13.1. The van der Waals surface area contributed by atoms with Crippen LogP contribution in [0.25, 0.3) is 6.08 Å². The molecule has 1 aromatic carbocycles. The molecule has 0 unspecified atom stereocenters. The summed E-state index contributed by atoms with van der Waals surface area (Å²) in [7, 11) is 0. The summed E-state index contributed by atoms with van der Waals surface area (Å²) in [5, 5.41) is 2.62. The molecule has 0 aromatic heterocycles. The first-order chi connectivity index (χ1) is 8.60. The van der Waals surface area contributed by atoms with Gasteiger partial charge in [-0.05, 0) is 31.2 Å². The highest BCUT2D eigenvalue weighted by Gasteiger charge is 2.21. The Bertz CT molecular complexity index is 540. The van der Waals surface area contributed by atoms with Crippen molar-refractivity contribution in [2.24, 2.45) is 0 Å². The lowest BCUT2D eigenvalue weighted by Crippen LogP contribution is -2.18. The molecule has 0 saturated carbocycles. The Labute approximate surface area is 119 Å². The maximum atomic E-state index is 11.6. The smallest absolute Gasteiger partial charge is 0.252 e. The van der Waals surface area contributed by atoms with Gasteiger partial charge in [0, 0.05) is 22.0 Å². The van der Waals surface area contributed by atoms with Gasteiger partial charge in [-0.3, -0.25) is 4.79 Å². The van der Waals surface area contributed by atoms with E-state index >= 15 is 0 Å². The van der Waals surface area contributed by atoms with E-state index in [-0.39, 0.29) is 5.91 Å². The minimum Gasteiger partial charge on any atom is -0.493 e. The van der Waals surface area contributed by atoms with Crippen LogP contribution in [0.15, 0.2) is 28.2 Å². The van der Waals surface area contributed by atoms with Crippen molar-refractivity contribution in [1.82, 2.24) is 5.32 Å². The van der Waals surface area contributed by atoms with Crippen molar-refractivity contribution in [1.29, 1.82) is 0 Å². The molecule has 0 atom stereocenters. The Morgan fingerprint density at radius 2 is 2.33 bits per heavy atom. The topological polar surface area (TPSA) is 38.3 Å². The number of rotatable bonds is 3. The lowest BCUT2D eigenvalue weighted by molar-refractivity contribution is -0.115. The van der Waals surface area contributed by atoms with E-state index in [1.54, 1.807) is 0 Å². The minimum absolute atomic E-state index is 0.123. The summed E-state index contributed by atoms with van der Waals surface area (Å²) in [6, 6.07) is 5.71. The SMILES string of the molecule is CCOc1ccc(Br)cc1/C=C1\CC(=S)NC1=O. The van der Waals surface area contributed by atoms with Crippen molar-refractivity contribution in [2.75, 3.05) is 6.61 Å². The number of halogens is 1. The molecule has 1 N–H and O–H groups in total. The lowest BCUT2D eigenvalue weighted by Gasteiger charge is -2.08. The number of carbonyl (C=O) groups is 1. The average Bonchev–Trinajstić information content (AvgIpc) is 2.61. The molecule has 18 heavy (non-hydrogen) atoms. The van der Waals surface area contributed by atoms with Gasteiger partial charge in [0.05, 0.1) is 11.6 Å². The molecular weight excluding hydrogens is 314 g/mol. The van der Waals surface area contributed by atoms with Crippen molar-refractivity contribution in [3.8, 4) is 5.75 Å². The zero-order valence-corrected chi connectivity index (χ0v) is 12.2. The number of ether oxygens (including phenoxy) is 1. The van der Waals surface area contributed by atoms with Gasteiger partial charge in [0.25, 0.3) is 5.91 Å². The molecule has 1 aromatic rings. The summed E-state index contributed by atoms with van der Waals surface area (Å²) < 4.78 is 6.48. The Morgan fingerprint density at radius 1 is 1.56 bits per heavy atom. The van der Waals surface area contributed by atoms with E-state index in [1.165, 1.54) is 0 Å². The molecule has 1 fully saturated rings. The quantitative estimate of drug-likeness (QED) is 0.685. The third-order valence-corrected chi connectivity index (χ3v) is 3.24. The largest absolute Gasteiger partial charge is 0.493 e. The maximum Gasteiger partial charge on any atom is 0.252 e. The monoisotopic (exact) mass is 325 g/mol. The standard InChI is InChI=1S/C13H12BrNO2S/c1-2-17-11-4-3-10(14)6-8(11)5-9-7-12(18)15-13(9)16/h3-6H,2,7H2,1H3,(H,15,16,18)/b9-5+. The first-order valence-corrected chi connectivity index (χ1v) is 6.77. The van der Waals surface area contributed by atoms with Crippen molar-refractivity contribution in [3.05, 3.63) is 33.8 Å². The molecule has 0 bridgehead atoms. The second-order valence-electron chi connectivity index (χ2n) is 3.84. The van der Waals surface area contributed by atoms with E-state index in [4.69, 9.17) is 17.0 Å². The summed E-state index contributed by atoms with van der Waals surface area (Å²) in [6.45, 7) is 2.51. The minimum atomic E-state index is -0.123. The molecule has 3 nitrogen and oxygen atoms in total. The zero-order valence-electron chi connectivity index (χ0n) is 9.83. The number of hydrogen-bond acceptors (Lipinski definition) is 3. The molecular formula is C13H12BrNO2S. The van der Waals surface area contributed by atoms with E-state index in [0.29, 0.717) is 23.6 Å². The second kappa shape index (κ2) is 5.63. The van der Waals surface area contributed by atoms with Crippen LogP contribution in [-0.2, 0) is 4.79 Å². The molecule has 2 rings (SSSR count). The van der Waals surface area contributed by atoms with Crippen LogP contribution < -0.4 is 10.1 Å². The predicted octanol–water partition coefficient (Wildman–Crippen LogP) is 3.08. The normalized spacial score (nSPS) is 17.1. The Balaban J connectivity index is 2.38. The fourth-order valence-corrected chi connectivity index (χ4v) is 2.35. The van der Waals surface area contributed by atoms with Gasteiger partial charge < -0.3 is 10.1 Å². The third kappa shape index (κ3) is 2.97. The Hall–Kier alpha value is -1.20. The van der Waals surface area contributed by atoms with Gasteiger partial charge in [-0.1, -0.05) is 28.1 Å². The molecule has 94 valence electrons. The van der Waals surface area contributed by atoms with Crippen molar-refractivity contribution < 1.29 is 9.53 Å². The van der Waals surface area contributed by atoms with Gasteiger partial charge in [0.1, 0.15) is 5.75 Å². The molecule has 0 radical (unpaired) electrons. The van der Waals surface area contributed by atoms with Gasteiger partial charge in [0.2, 0.25) is 0 Å². The van der Waals surface area contributed by atoms with Gasteiger partial charge in [-0.15, -0.1) is 0 Å². The number of carbonyl (C=O) groups excluding carboxylic acids is 1. The molecule has 5 heteroatoms. The van der Waals surface area contributed by atoms with E-state index in [0.717, 1.165) is 15.8 Å². The summed E-state index contributed by atoms with van der Waals surface area (Å²) >= 11 is 8.40. The van der Waals surface area contributed by atoms with Crippen LogP contribution in [0.4, 0.5) is 0 Å². The molecule has 0 aliphatic carbocycles. The van der Waals surface area contributed by atoms with Crippen LogP contribution in [0.5, 0.6) is 5.75 Å². The molecule has 1 aliphatic heterocycles. The Kier molecular flexibility index (Phi) is 4.14. The van der Waals surface area contributed by atoms with Crippen LogP contribution in [0.2, 0.25) is 0 Å². The predicted molar refractivity (Wildman–Crippen MR) is 78.6 cm³/mol. The molecule has 1 amide bonds. The fraction of sp³-hybridized carbons (Fsp3) is 0.231. The number of nitrogens with one attached hydrogen (secondary N) is 1. The number of amides is 1. The second-order valence-corrected chi connectivity index (χ2v) is 5.25. The Morgan fingerprint density at radius 3 is 2.94 bits per heavy atom. The van der Waals surface area contributed by atoms with Crippen LogP contribution in [0.1, 0.15) is 18.9 Å². The van der Waals surface area contributed by atoms with E-state index < -0.39 is 0 Å². The van der Waals surface area contributed by atoms with E-state index in [9.17, 15) is 4.79 Å². The summed E-state index contributed by atoms with van der Waals surface area (Å²) in [5.41, 5.74) is 1.54. The molecule has 0 spiro atoms. The number of benzene rings is 1. The number of hydrogen-bond donors (Lipinski definition) is 1. The van der Waals surface area contributed by atoms with Crippen LogP contribution in [-0.4, -0.2) is 17.5 Å². The summed E-state index contributed by atoms with van der Waals surface area (Å²) in [6.07, 6.45) is 2.32. The van der Waals surface area contributed by atoms with Gasteiger partial charge in [-0.2, -0.15) is 0 Å². The average molecular weight is 326 g/mol. The highest BCUT2D eigenvalue weighted by Crippen LogP contribution is 2.27. The fourth-order valence-electron chi connectivity index (χ4n) is 1.73. The summed E-state index contributed by atoms with van der Waals surface area (Å²) in [4.78, 5) is 12.2. The molecule has 1 saturated heterocycles. The summed E-state index contributed by atoms with van der Waals surface area (Å²) in [5.74, 6) is 0.640. The molecule has 1 heterocycles.